The zero-order valence-corrected chi connectivity index (χ0v) is 13.3. The average molecular weight is 292 g/mol. The first kappa shape index (κ1) is 17.2. The Labute approximate surface area is 125 Å². The van der Waals surface area contributed by atoms with Crippen LogP contribution in [0.4, 0.5) is 5.69 Å². The van der Waals surface area contributed by atoms with Gasteiger partial charge in [0.2, 0.25) is 0 Å². The summed E-state index contributed by atoms with van der Waals surface area (Å²) in [6.45, 7) is 9.26. The molecule has 2 amide bonds. The minimum atomic E-state index is -1.05. The molecular formula is C16H24N2O3. The second kappa shape index (κ2) is 6.72. The maximum absolute atomic E-state index is 11.8. The molecule has 0 saturated heterocycles. The van der Waals surface area contributed by atoms with Crippen LogP contribution in [0.25, 0.3) is 0 Å². The van der Waals surface area contributed by atoms with E-state index in [9.17, 15) is 14.7 Å². The highest BCUT2D eigenvalue weighted by atomic mass is 16.3. The van der Waals surface area contributed by atoms with Crippen LogP contribution >= 0.6 is 0 Å². The molecule has 0 fully saturated rings. The number of aryl methyl sites for hydroxylation is 2. The SMILES string of the molecule is Cc1ccc(NC(=O)C(=O)NCC(C)(O)C(C)C)cc1C. The molecule has 0 aromatic heterocycles. The van der Waals surface area contributed by atoms with E-state index in [1.165, 1.54) is 0 Å². The number of hydrogen-bond acceptors (Lipinski definition) is 3. The molecule has 21 heavy (non-hydrogen) atoms. The van der Waals surface area contributed by atoms with Crippen LogP contribution in [0.1, 0.15) is 31.9 Å². The van der Waals surface area contributed by atoms with Gasteiger partial charge < -0.3 is 15.7 Å². The zero-order valence-electron chi connectivity index (χ0n) is 13.3. The fourth-order valence-electron chi connectivity index (χ4n) is 1.55. The van der Waals surface area contributed by atoms with Gasteiger partial charge in [0.05, 0.1) is 5.60 Å². The van der Waals surface area contributed by atoms with Crippen molar-refractivity contribution in [2.45, 2.75) is 40.2 Å². The molecule has 0 heterocycles. The van der Waals surface area contributed by atoms with Crippen molar-refractivity contribution in [3.05, 3.63) is 29.3 Å². The van der Waals surface area contributed by atoms with Crippen LogP contribution in [0.15, 0.2) is 18.2 Å². The summed E-state index contributed by atoms with van der Waals surface area (Å²) in [5.74, 6) is -1.52. The van der Waals surface area contributed by atoms with Crippen LogP contribution in [0, 0.1) is 19.8 Å². The Morgan fingerprint density at radius 3 is 2.33 bits per heavy atom. The number of amides is 2. The second-order valence-electron chi connectivity index (χ2n) is 5.95. The highest BCUT2D eigenvalue weighted by Crippen LogP contribution is 2.15. The lowest BCUT2D eigenvalue weighted by molar-refractivity contribution is -0.137. The summed E-state index contributed by atoms with van der Waals surface area (Å²) in [6, 6.07) is 5.44. The van der Waals surface area contributed by atoms with Gasteiger partial charge in [-0.2, -0.15) is 0 Å². The molecule has 0 saturated carbocycles. The first-order valence-corrected chi connectivity index (χ1v) is 7.02. The van der Waals surface area contributed by atoms with Crippen LogP contribution < -0.4 is 10.6 Å². The van der Waals surface area contributed by atoms with Gasteiger partial charge in [-0.05, 0) is 49.9 Å². The lowest BCUT2D eigenvalue weighted by Gasteiger charge is -2.27. The standard InChI is InChI=1S/C16H24N2O3/c1-10(2)16(5,21)9-17-14(19)15(20)18-13-7-6-11(3)12(4)8-13/h6-8,10,21H,9H2,1-5H3,(H,17,19)(H,18,20). The summed E-state index contributed by atoms with van der Waals surface area (Å²) < 4.78 is 0. The lowest BCUT2D eigenvalue weighted by Crippen LogP contribution is -2.47. The van der Waals surface area contributed by atoms with Crippen molar-refractivity contribution in [3.63, 3.8) is 0 Å². The molecule has 116 valence electrons. The van der Waals surface area contributed by atoms with E-state index in [1.807, 2.05) is 39.8 Å². The Morgan fingerprint density at radius 2 is 1.81 bits per heavy atom. The number of carbonyl (C=O) groups excluding carboxylic acids is 2. The molecule has 0 aliphatic heterocycles. The molecule has 0 radical (unpaired) electrons. The van der Waals surface area contributed by atoms with Gasteiger partial charge in [-0.25, -0.2) is 0 Å². The molecule has 1 unspecified atom stereocenters. The third kappa shape index (κ3) is 4.86. The lowest BCUT2D eigenvalue weighted by atomic mass is 9.92. The maximum atomic E-state index is 11.8. The summed E-state index contributed by atoms with van der Waals surface area (Å²) in [4.78, 5) is 23.5. The van der Waals surface area contributed by atoms with Gasteiger partial charge in [-0.1, -0.05) is 19.9 Å². The molecule has 3 N–H and O–H groups in total. The quantitative estimate of drug-likeness (QED) is 0.740. The summed E-state index contributed by atoms with van der Waals surface area (Å²) in [6.07, 6.45) is 0. The highest BCUT2D eigenvalue weighted by molar-refractivity contribution is 6.39. The Hall–Kier alpha value is -1.88. The van der Waals surface area contributed by atoms with E-state index in [0.717, 1.165) is 11.1 Å². The molecule has 1 atom stereocenters. The summed E-state index contributed by atoms with van der Waals surface area (Å²) in [7, 11) is 0. The van der Waals surface area contributed by atoms with Crippen LogP contribution in [0.3, 0.4) is 0 Å². The number of aliphatic hydroxyl groups is 1. The predicted octanol–water partition coefficient (Wildman–Crippen LogP) is 1.77. The largest absolute Gasteiger partial charge is 0.388 e. The van der Waals surface area contributed by atoms with Gasteiger partial charge in [-0.3, -0.25) is 9.59 Å². The van der Waals surface area contributed by atoms with Gasteiger partial charge in [0.25, 0.3) is 0 Å². The summed E-state index contributed by atoms with van der Waals surface area (Å²) in [5, 5.41) is 15.0. The minimum Gasteiger partial charge on any atom is -0.388 e. The molecule has 5 nitrogen and oxygen atoms in total. The molecule has 1 aromatic carbocycles. The van der Waals surface area contributed by atoms with Crippen molar-refractivity contribution in [1.82, 2.24) is 5.32 Å². The molecule has 0 aliphatic rings. The molecule has 0 bridgehead atoms. The van der Waals surface area contributed by atoms with E-state index in [2.05, 4.69) is 10.6 Å². The third-order valence-electron chi connectivity index (χ3n) is 3.82. The Kier molecular flexibility index (Phi) is 5.49. The minimum absolute atomic E-state index is 0.0272. The van der Waals surface area contributed by atoms with E-state index in [1.54, 1.807) is 13.0 Å². The molecule has 1 aromatic rings. The van der Waals surface area contributed by atoms with Crippen LogP contribution in [0.5, 0.6) is 0 Å². The zero-order chi connectivity index (χ0) is 16.2. The number of nitrogens with one attached hydrogen (secondary N) is 2. The number of benzene rings is 1. The van der Waals surface area contributed by atoms with E-state index in [-0.39, 0.29) is 12.5 Å². The van der Waals surface area contributed by atoms with Crippen molar-refractivity contribution >= 4 is 17.5 Å². The monoisotopic (exact) mass is 292 g/mol. The third-order valence-corrected chi connectivity index (χ3v) is 3.82. The van der Waals surface area contributed by atoms with E-state index in [0.29, 0.717) is 5.69 Å². The van der Waals surface area contributed by atoms with E-state index >= 15 is 0 Å². The van der Waals surface area contributed by atoms with Crippen LogP contribution in [-0.4, -0.2) is 29.1 Å². The maximum Gasteiger partial charge on any atom is 0.313 e. The van der Waals surface area contributed by atoms with Gasteiger partial charge in [0.15, 0.2) is 0 Å². The molecular weight excluding hydrogens is 268 g/mol. The molecule has 0 aliphatic carbocycles. The highest BCUT2D eigenvalue weighted by Gasteiger charge is 2.26. The first-order valence-electron chi connectivity index (χ1n) is 7.02. The first-order chi connectivity index (χ1) is 9.63. The van der Waals surface area contributed by atoms with Gasteiger partial charge >= 0.3 is 11.8 Å². The second-order valence-corrected chi connectivity index (χ2v) is 5.95. The summed E-state index contributed by atoms with van der Waals surface area (Å²) >= 11 is 0. The molecule has 0 spiro atoms. The van der Waals surface area contributed by atoms with Crippen molar-refractivity contribution < 1.29 is 14.7 Å². The van der Waals surface area contributed by atoms with Crippen molar-refractivity contribution in [3.8, 4) is 0 Å². The fourth-order valence-corrected chi connectivity index (χ4v) is 1.55. The van der Waals surface area contributed by atoms with Gasteiger partial charge in [-0.15, -0.1) is 0 Å². The number of hydrogen-bond donors (Lipinski definition) is 3. The fraction of sp³-hybridized carbons (Fsp3) is 0.500. The predicted molar refractivity (Wildman–Crippen MR) is 83.0 cm³/mol. The average Bonchev–Trinajstić information content (AvgIpc) is 2.40. The number of rotatable bonds is 4. The Balaban J connectivity index is 2.59. The molecule has 5 heteroatoms. The smallest absolute Gasteiger partial charge is 0.313 e. The van der Waals surface area contributed by atoms with Crippen molar-refractivity contribution in [2.24, 2.45) is 5.92 Å². The summed E-state index contributed by atoms with van der Waals surface area (Å²) in [5.41, 5.74) is 1.69. The van der Waals surface area contributed by atoms with Crippen LogP contribution in [0.2, 0.25) is 0 Å². The molecule has 1 rings (SSSR count). The van der Waals surface area contributed by atoms with E-state index < -0.39 is 17.4 Å². The number of carbonyl (C=O) groups is 2. The van der Waals surface area contributed by atoms with Gasteiger partial charge in [0, 0.05) is 12.2 Å². The Bertz CT molecular complexity index is 536. The van der Waals surface area contributed by atoms with Crippen molar-refractivity contribution in [2.75, 3.05) is 11.9 Å². The van der Waals surface area contributed by atoms with Gasteiger partial charge in [0.1, 0.15) is 0 Å². The van der Waals surface area contributed by atoms with E-state index in [4.69, 9.17) is 0 Å². The number of anilines is 1. The topological polar surface area (TPSA) is 78.4 Å². The normalized spacial score (nSPS) is 13.7. The Morgan fingerprint density at radius 1 is 1.19 bits per heavy atom. The van der Waals surface area contributed by atoms with Crippen LogP contribution in [-0.2, 0) is 9.59 Å². The van der Waals surface area contributed by atoms with Crippen molar-refractivity contribution in [1.29, 1.82) is 0 Å².